The highest BCUT2D eigenvalue weighted by Gasteiger charge is 2.22. The van der Waals surface area contributed by atoms with Crippen molar-refractivity contribution in [3.8, 4) is 5.75 Å². The second-order valence-corrected chi connectivity index (χ2v) is 5.41. The van der Waals surface area contributed by atoms with Crippen molar-refractivity contribution in [2.45, 2.75) is 26.1 Å². The van der Waals surface area contributed by atoms with Crippen molar-refractivity contribution < 1.29 is 14.2 Å². The molecule has 0 aromatic heterocycles. The van der Waals surface area contributed by atoms with Gasteiger partial charge < -0.3 is 14.2 Å². The van der Waals surface area contributed by atoms with Gasteiger partial charge in [0.25, 0.3) is 0 Å². The van der Waals surface area contributed by atoms with Crippen molar-refractivity contribution in [2.75, 3.05) is 19.8 Å². The van der Waals surface area contributed by atoms with Gasteiger partial charge in [0.05, 0.1) is 13.2 Å². The Morgan fingerprint density at radius 1 is 1.14 bits per heavy atom. The van der Waals surface area contributed by atoms with E-state index in [4.69, 9.17) is 14.2 Å². The van der Waals surface area contributed by atoms with Crippen molar-refractivity contribution >= 4 is 16.8 Å². The predicted octanol–water partition coefficient (Wildman–Crippen LogP) is 4.40. The molecule has 0 radical (unpaired) electrons. The Balaban J connectivity index is 1.56. The van der Waals surface area contributed by atoms with Crippen LogP contribution in [-0.2, 0) is 9.47 Å². The highest BCUT2D eigenvalue weighted by atomic mass is 16.8. The molecule has 0 saturated carbocycles. The fourth-order valence-corrected chi connectivity index (χ4v) is 2.29. The lowest BCUT2D eigenvalue weighted by Crippen LogP contribution is -2.04. The Morgan fingerprint density at radius 3 is 2.77 bits per heavy atom. The summed E-state index contributed by atoms with van der Waals surface area (Å²) in [5.41, 5.74) is 1.24. The maximum atomic E-state index is 5.78. The third-order valence-corrected chi connectivity index (χ3v) is 3.55. The predicted molar refractivity (Wildman–Crippen MR) is 89.1 cm³/mol. The minimum absolute atomic E-state index is 0.0385. The number of hydrogen-bond donors (Lipinski definition) is 0. The summed E-state index contributed by atoms with van der Waals surface area (Å²) in [7, 11) is 0. The third-order valence-electron chi connectivity index (χ3n) is 3.55. The topological polar surface area (TPSA) is 31.0 Å². The maximum Gasteiger partial charge on any atom is 0.181 e. The largest absolute Gasteiger partial charge is 0.493 e. The van der Waals surface area contributed by atoms with E-state index in [1.165, 1.54) is 16.3 Å². The van der Waals surface area contributed by atoms with Crippen molar-refractivity contribution in [1.29, 1.82) is 0 Å². The van der Waals surface area contributed by atoms with Crippen LogP contribution < -0.4 is 4.74 Å². The molecule has 116 valence electrons. The summed E-state index contributed by atoms with van der Waals surface area (Å²) >= 11 is 0. The average Bonchev–Trinajstić information content (AvgIpc) is 3.36. The molecule has 3 rings (SSSR count). The van der Waals surface area contributed by atoms with E-state index >= 15 is 0 Å². The lowest BCUT2D eigenvalue weighted by Gasteiger charge is -2.08. The second-order valence-electron chi connectivity index (χ2n) is 5.41. The van der Waals surface area contributed by atoms with Crippen LogP contribution in [0.2, 0.25) is 0 Å². The molecular formula is C19H22O3. The molecule has 3 heteroatoms. The van der Waals surface area contributed by atoms with E-state index in [-0.39, 0.29) is 6.29 Å². The van der Waals surface area contributed by atoms with Gasteiger partial charge in [-0.25, -0.2) is 0 Å². The fourth-order valence-electron chi connectivity index (χ4n) is 2.29. The van der Waals surface area contributed by atoms with Gasteiger partial charge in [0.15, 0.2) is 6.29 Å². The Hall–Kier alpha value is -1.84. The normalized spacial score (nSPS) is 17.2. The molecule has 0 spiro atoms. The van der Waals surface area contributed by atoms with E-state index in [2.05, 4.69) is 49.4 Å². The maximum absolute atomic E-state index is 5.78. The number of rotatable bonds is 8. The second kappa shape index (κ2) is 7.43. The summed E-state index contributed by atoms with van der Waals surface area (Å²) in [6, 6.07) is 12.7. The van der Waals surface area contributed by atoms with Gasteiger partial charge in [-0.05, 0) is 41.0 Å². The smallest absolute Gasteiger partial charge is 0.181 e. The van der Waals surface area contributed by atoms with Crippen molar-refractivity contribution in [2.24, 2.45) is 0 Å². The van der Waals surface area contributed by atoms with Crippen LogP contribution in [0.15, 0.2) is 42.5 Å². The van der Waals surface area contributed by atoms with Crippen LogP contribution in [0.1, 0.15) is 25.3 Å². The molecule has 1 saturated heterocycles. The molecule has 2 aromatic rings. The lowest BCUT2D eigenvalue weighted by atomic mass is 10.1. The SMILES string of the molecule is CC/C=C/c1ccc2cc(OCCCOC3CO3)ccc2c1. The monoisotopic (exact) mass is 298 g/mol. The first-order valence-corrected chi connectivity index (χ1v) is 7.91. The molecule has 3 nitrogen and oxygen atoms in total. The number of hydrogen-bond acceptors (Lipinski definition) is 3. The number of benzene rings is 2. The van der Waals surface area contributed by atoms with E-state index in [9.17, 15) is 0 Å². The van der Waals surface area contributed by atoms with E-state index < -0.39 is 0 Å². The highest BCUT2D eigenvalue weighted by Crippen LogP contribution is 2.23. The Kier molecular flexibility index (Phi) is 5.09. The summed E-state index contributed by atoms with van der Waals surface area (Å²) in [6.45, 7) is 4.23. The molecule has 1 unspecified atom stereocenters. The fraction of sp³-hybridized carbons (Fsp3) is 0.368. The molecule has 1 atom stereocenters. The molecule has 1 heterocycles. The van der Waals surface area contributed by atoms with Gasteiger partial charge in [0.1, 0.15) is 12.4 Å². The summed E-state index contributed by atoms with van der Waals surface area (Å²) in [4.78, 5) is 0. The molecule has 1 aliphatic rings. The van der Waals surface area contributed by atoms with Gasteiger partial charge in [-0.15, -0.1) is 0 Å². The molecule has 0 amide bonds. The Labute approximate surface area is 131 Å². The highest BCUT2D eigenvalue weighted by molar-refractivity contribution is 5.86. The van der Waals surface area contributed by atoms with E-state index in [1.807, 2.05) is 6.07 Å². The zero-order chi connectivity index (χ0) is 15.2. The number of fused-ring (bicyclic) bond motifs is 1. The van der Waals surface area contributed by atoms with Gasteiger partial charge in [-0.2, -0.15) is 0 Å². The third kappa shape index (κ3) is 4.33. The van der Waals surface area contributed by atoms with E-state index in [1.54, 1.807) is 0 Å². The first-order valence-electron chi connectivity index (χ1n) is 7.91. The minimum Gasteiger partial charge on any atom is -0.493 e. The first kappa shape index (κ1) is 15.1. The van der Waals surface area contributed by atoms with Gasteiger partial charge in [-0.1, -0.05) is 37.3 Å². The summed E-state index contributed by atoms with van der Waals surface area (Å²) in [5, 5.41) is 2.44. The van der Waals surface area contributed by atoms with E-state index in [0.29, 0.717) is 13.2 Å². The van der Waals surface area contributed by atoms with Crippen LogP contribution in [0.3, 0.4) is 0 Å². The molecular weight excluding hydrogens is 276 g/mol. The van der Waals surface area contributed by atoms with E-state index in [0.717, 1.165) is 25.2 Å². The zero-order valence-electron chi connectivity index (χ0n) is 13.0. The van der Waals surface area contributed by atoms with Gasteiger partial charge >= 0.3 is 0 Å². The summed E-state index contributed by atoms with van der Waals surface area (Å²) in [5.74, 6) is 0.909. The van der Waals surface area contributed by atoms with Crippen LogP contribution in [0, 0.1) is 0 Å². The molecule has 1 fully saturated rings. The van der Waals surface area contributed by atoms with Crippen LogP contribution in [0.4, 0.5) is 0 Å². The first-order chi connectivity index (χ1) is 10.8. The molecule has 2 aromatic carbocycles. The van der Waals surface area contributed by atoms with Gasteiger partial charge in [0, 0.05) is 6.42 Å². The van der Waals surface area contributed by atoms with Gasteiger partial charge in [0.2, 0.25) is 0 Å². The van der Waals surface area contributed by atoms with Crippen LogP contribution in [0.25, 0.3) is 16.8 Å². The van der Waals surface area contributed by atoms with Crippen molar-refractivity contribution in [3.63, 3.8) is 0 Å². The van der Waals surface area contributed by atoms with Crippen LogP contribution in [0.5, 0.6) is 5.75 Å². The zero-order valence-corrected chi connectivity index (χ0v) is 13.0. The molecule has 0 aliphatic carbocycles. The molecule has 0 bridgehead atoms. The van der Waals surface area contributed by atoms with Crippen LogP contribution >= 0.6 is 0 Å². The number of allylic oxidation sites excluding steroid dienone is 1. The summed E-state index contributed by atoms with van der Waals surface area (Å²) in [6.07, 6.45) is 6.30. The average molecular weight is 298 g/mol. The van der Waals surface area contributed by atoms with Crippen molar-refractivity contribution in [3.05, 3.63) is 48.0 Å². The van der Waals surface area contributed by atoms with Crippen LogP contribution in [-0.4, -0.2) is 26.1 Å². The number of ether oxygens (including phenoxy) is 3. The summed E-state index contributed by atoms with van der Waals surface area (Å²) < 4.78 is 16.2. The van der Waals surface area contributed by atoms with Crippen molar-refractivity contribution in [1.82, 2.24) is 0 Å². The Morgan fingerprint density at radius 2 is 1.95 bits per heavy atom. The molecule has 0 N–H and O–H groups in total. The Bertz CT molecular complexity index is 644. The standard InChI is InChI=1S/C19H22O3/c1-2-3-5-15-6-7-17-13-18(9-8-16(17)12-15)20-10-4-11-21-19-14-22-19/h3,5-9,12-13,19H,2,4,10-11,14H2,1H3/b5-3+. The lowest BCUT2D eigenvalue weighted by molar-refractivity contribution is 0.0435. The molecule has 22 heavy (non-hydrogen) atoms. The molecule has 1 aliphatic heterocycles. The minimum atomic E-state index is 0.0385. The van der Waals surface area contributed by atoms with Gasteiger partial charge in [-0.3, -0.25) is 0 Å². The quantitative estimate of drug-likeness (QED) is 0.534. The number of epoxide rings is 1.